The number of rotatable bonds is 11. The lowest BCUT2D eigenvalue weighted by Gasteiger charge is -2.47. The lowest BCUT2D eigenvalue weighted by Crippen LogP contribution is -2.64. The minimum atomic E-state index is -1.41. The number of benzene rings is 1. The number of carbonyl (C=O) groups is 4. The highest BCUT2D eigenvalue weighted by Crippen LogP contribution is 2.51. The predicted molar refractivity (Wildman–Crippen MR) is 157 cm³/mol. The lowest BCUT2D eigenvalue weighted by atomic mass is 9.79. The number of ketones is 1. The fourth-order valence-electron chi connectivity index (χ4n) is 6.22. The summed E-state index contributed by atoms with van der Waals surface area (Å²) in [5.74, 6) is -3.63. The van der Waals surface area contributed by atoms with Crippen molar-refractivity contribution in [1.29, 1.82) is 0 Å². The van der Waals surface area contributed by atoms with E-state index in [-0.39, 0.29) is 52.2 Å². The van der Waals surface area contributed by atoms with Gasteiger partial charge in [0.05, 0.1) is 35.8 Å². The van der Waals surface area contributed by atoms with E-state index < -0.39 is 36.0 Å². The highest BCUT2D eigenvalue weighted by atomic mass is 32.2. The second-order valence-corrected chi connectivity index (χ2v) is 13.0. The zero-order valence-corrected chi connectivity index (χ0v) is 25.5. The van der Waals surface area contributed by atoms with Crippen LogP contribution in [-0.4, -0.2) is 92.3 Å². The number of hydrogen-bond donors (Lipinski definition) is 4. The minimum Gasteiger partial charge on any atom is -0.543 e. The molecule has 0 aliphatic carbocycles. The maximum absolute atomic E-state index is 13.2. The first-order chi connectivity index (χ1) is 20.9. The number of aromatic nitrogens is 1. The van der Waals surface area contributed by atoms with Gasteiger partial charge in [0, 0.05) is 53.9 Å². The number of aromatic hydroxyl groups is 2. The topological polar surface area (TPSA) is 174 Å². The molecular formula is C31H36N4O8S. The zero-order chi connectivity index (χ0) is 31.9. The molecular weight excluding hydrogens is 588 g/mol. The van der Waals surface area contributed by atoms with Gasteiger partial charge in [-0.05, 0) is 43.5 Å². The molecule has 2 amide bonds. The standard InChI is InChI=1S/C31H36N4O8S/c1-16-26-25(17(2)36)30(41)35(26)27(31(42)43)28(16)44-20-13-21(32-14-20)29(40)33(3)9-6-18-7-10-34(11-8-18)15-24(39)19-4-5-22(37)23(38)12-19/h4-5,7-8,10-12,16-17,20-21,25-26,32,36H,6,9,13-15H2,1-3H3,(H2-,37,38,39,42,43)/t16-,17?,20?,21?,25+,26+/m0/s1. The second kappa shape index (κ2) is 12.6. The summed E-state index contributed by atoms with van der Waals surface area (Å²) in [7, 11) is 1.74. The maximum Gasteiger partial charge on any atom is 0.239 e. The summed E-state index contributed by atoms with van der Waals surface area (Å²) in [6.45, 7) is 4.44. The number of fused-ring (bicyclic) bond motifs is 1. The molecule has 2 aromatic rings. The lowest BCUT2D eigenvalue weighted by molar-refractivity contribution is -0.683. The summed E-state index contributed by atoms with van der Waals surface area (Å²) in [5, 5.41) is 44.3. The van der Waals surface area contributed by atoms with Crippen LogP contribution in [0.3, 0.4) is 0 Å². The fraction of sp³-hybridized carbons (Fsp3) is 0.452. The Bertz CT molecular complexity index is 1510. The third-order valence-corrected chi connectivity index (χ3v) is 10.2. The van der Waals surface area contributed by atoms with E-state index in [2.05, 4.69) is 5.32 Å². The highest BCUT2D eigenvalue weighted by Gasteiger charge is 2.59. The number of thioether (sulfide) groups is 1. The number of amides is 2. The summed E-state index contributed by atoms with van der Waals surface area (Å²) in [5.41, 5.74) is 1.15. The molecule has 0 bridgehead atoms. The molecule has 13 heteroatoms. The van der Waals surface area contributed by atoms with Crippen LogP contribution in [0, 0.1) is 11.8 Å². The summed E-state index contributed by atoms with van der Waals surface area (Å²) in [6.07, 6.45) is 3.77. The number of Topliss-reactive ketones (excluding diaryl/α,β-unsaturated/α-hetero) is 1. The number of nitrogens with one attached hydrogen (secondary N) is 1. The van der Waals surface area contributed by atoms with Gasteiger partial charge in [-0.3, -0.25) is 14.4 Å². The molecule has 44 heavy (non-hydrogen) atoms. The van der Waals surface area contributed by atoms with Crippen LogP contribution in [0.1, 0.15) is 36.2 Å². The Balaban J connectivity index is 1.12. The first-order valence-electron chi connectivity index (χ1n) is 14.5. The van der Waals surface area contributed by atoms with Crippen molar-refractivity contribution in [2.24, 2.45) is 11.8 Å². The van der Waals surface area contributed by atoms with Gasteiger partial charge in [0.2, 0.25) is 24.1 Å². The second-order valence-electron chi connectivity index (χ2n) is 11.7. The summed E-state index contributed by atoms with van der Waals surface area (Å²) < 4.78 is 1.71. The molecule has 3 aliphatic rings. The molecule has 4 N–H and O–H groups in total. The number of nitrogens with zero attached hydrogens (tertiary/aromatic N) is 3. The third kappa shape index (κ3) is 6.04. The van der Waals surface area contributed by atoms with Gasteiger partial charge in [0.25, 0.3) is 0 Å². The van der Waals surface area contributed by atoms with Crippen LogP contribution in [0.25, 0.3) is 0 Å². The number of β-lactam (4-membered cyclic amide) rings is 1. The minimum absolute atomic E-state index is 0.0612. The predicted octanol–water partition coefficient (Wildman–Crippen LogP) is -0.448. The molecule has 0 spiro atoms. The summed E-state index contributed by atoms with van der Waals surface area (Å²) in [4.78, 5) is 53.8. The van der Waals surface area contributed by atoms with E-state index in [0.717, 1.165) is 5.56 Å². The average molecular weight is 625 g/mol. The number of aliphatic hydroxyl groups is 1. The number of carboxylic acid groups (broad SMARTS) is 1. The van der Waals surface area contributed by atoms with E-state index in [1.807, 2.05) is 19.1 Å². The molecule has 2 saturated heterocycles. The monoisotopic (exact) mass is 624 g/mol. The van der Waals surface area contributed by atoms with Crippen molar-refractivity contribution >= 4 is 35.3 Å². The number of aliphatic hydroxyl groups excluding tert-OH is 1. The van der Waals surface area contributed by atoms with Crippen molar-refractivity contribution in [3.05, 3.63) is 64.5 Å². The Morgan fingerprint density at radius 3 is 2.52 bits per heavy atom. The molecule has 1 aromatic carbocycles. The smallest absolute Gasteiger partial charge is 0.239 e. The quantitative estimate of drug-likeness (QED) is 0.111. The Kier molecular flexibility index (Phi) is 9.00. The number of phenols is 2. The van der Waals surface area contributed by atoms with E-state index in [0.29, 0.717) is 30.8 Å². The van der Waals surface area contributed by atoms with Gasteiger partial charge in [-0.1, -0.05) is 6.92 Å². The maximum atomic E-state index is 13.2. The van der Waals surface area contributed by atoms with Crippen LogP contribution >= 0.6 is 11.8 Å². The molecule has 0 saturated carbocycles. The van der Waals surface area contributed by atoms with E-state index in [1.165, 1.54) is 41.8 Å². The molecule has 12 nitrogen and oxygen atoms in total. The number of carbonyl (C=O) groups excluding carboxylic acids is 4. The number of pyridine rings is 1. The molecule has 234 valence electrons. The molecule has 3 aliphatic heterocycles. The van der Waals surface area contributed by atoms with Gasteiger partial charge in [0.15, 0.2) is 23.9 Å². The van der Waals surface area contributed by atoms with Crippen molar-refractivity contribution in [3.63, 3.8) is 0 Å². The Morgan fingerprint density at radius 1 is 1.18 bits per heavy atom. The molecule has 5 rings (SSSR count). The van der Waals surface area contributed by atoms with E-state index in [1.54, 1.807) is 28.9 Å². The molecule has 4 heterocycles. The summed E-state index contributed by atoms with van der Waals surface area (Å²) in [6, 6.07) is 6.88. The first kappa shape index (κ1) is 31.5. The van der Waals surface area contributed by atoms with Crippen LogP contribution in [0.5, 0.6) is 11.5 Å². The van der Waals surface area contributed by atoms with Crippen LogP contribution < -0.4 is 15.0 Å². The van der Waals surface area contributed by atoms with Gasteiger partial charge in [-0.15, -0.1) is 11.8 Å². The van der Waals surface area contributed by atoms with E-state index in [4.69, 9.17) is 0 Å². The van der Waals surface area contributed by atoms with Crippen molar-refractivity contribution in [3.8, 4) is 11.5 Å². The number of aliphatic carboxylic acids is 1. The number of likely N-dealkylation sites (N-methyl/N-ethyl adjacent to an activating group) is 1. The van der Waals surface area contributed by atoms with Crippen molar-refractivity contribution < 1.29 is 44.2 Å². The highest BCUT2D eigenvalue weighted by molar-refractivity contribution is 8.03. The van der Waals surface area contributed by atoms with Crippen LogP contribution in [0.4, 0.5) is 0 Å². The molecule has 1 aromatic heterocycles. The zero-order valence-electron chi connectivity index (χ0n) is 24.7. The van der Waals surface area contributed by atoms with Crippen molar-refractivity contribution in [2.45, 2.75) is 56.7 Å². The van der Waals surface area contributed by atoms with E-state index in [9.17, 15) is 39.6 Å². The van der Waals surface area contributed by atoms with Crippen molar-refractivity contribution in [2.75, 3.05) is 20.1 Å². The molecule has 2 fully saturated rings. The van der Waals surface area contributed by atoms with Crippen LogP contribution in [0.15, 0.2) is 53.3 Å². The molecule has 6 atom stereocenters. The van der Waals surface area contributed by atoms with Crippen LogP contribution in [-0.2, 0) is 27.3 Å². The third-order valence-electron chi connectivity index (χ3n) is 8.68. The van der Waals surface area contributed by atoms with Gasteiger partial charge in [0.1, 0.15) is 0 Å². The number of phenolic OH excluding ortho intramolecular Hbond substituents is 2. The SMILES string of the molecule is CC(O)[C@H]1C(=O)N2C(C(=O)[O-])=C(SC3CNC(C(=O)N(C)CCc4cc[n+](CC(=O)c5ccc(O)c(O)c5)cc4)C3)[C@@H](C)[C@H]12. The fourth-order valence-corrected chi connectivity index (χ4v) is 7.69. The average Bonchev–Trinajstić information content (AvgIpc) is 3.54. The van der Waals surface area contributed by atoms with Gasteiger partial charge in [-0.25, -0.2) is 0 Å². The van der Waals surface area contributed by atoms with Gasteiger partial charge in [-0.2, -0.15) is 4.57 Å². The number of carboxylic acids is 1. The van der Waals surface area contributed by atoms with Gasteiger partial charge < -0.3 is 40.3 Å². The molecule has 0 radical (unpaired) electrons. The Hall–Kier alpha value is -3.94. The van der Waals surface area contributed by atoms with E-state index >= 15 is 0 Å². The Labute approximate surface area is 259 Å². The van der Waals surface area contributed by atoms with Crippen LogP contribution in [0.2, 0.25) is 0 Å². The normalized spacial score (nSPS) is 25.0. The largest absolute Gasteiger partial charge is 0.543 e. The van der Waals surface area contributed by atoms with Crippen molar-refractivity contribution in [1.82, 2.24) is 15.1 Å². The number of hydrogen-bond acceptors (Lipinski definition) is 10. The first-order valence-corrected chi connectivity index (χ1v) is 15.4. The summed E-state index contributed by atoms with van der Waals surface area (Å²) >= 11 is 1.37. The Morgan fingerprint density at radius 2 is 1.89 bits per heavy atom. The van der Waals surface area contributed by atoms with Gasteiger partial charge >= 0.3 is 0 Å². The molecule has 3 unspecified atom stereocenters.